The number of allylic oxidation sites excluding steroid dienone is 6. The summed E-state index contributed by atoms with van der Waals surface area (Å²) in [4.78, 5) is 46.9. The monoisotopic (exact) mass is 895 g/mol. The van der Waals surface area contributed by atoms with Crippen LogP contribution in [0.4, 0.5) is 0 Å². The number of rotatable bonds is 20. The number of esters is 2. The molecule has 4 N–H and O–H groups in total. The maximum absolute atomic E-state index is 12.8. The van der Waals surface area contributed by atoms with E-state index in [-0.39, 0.29) is 95.5 Å². The van der Waals surface area contributed by atoms with Crippen LogP contribution in [0.25, 0.3) is 0 Å². The van der Waals surface area contributed by atoms with Gasteiger partial charge in [-0.05, 0) is 139 Å². The van der Waals surface area contributed by atoms with Crippen LogP contribution in [0.15, 0.2) is 47.6 Å². The van der Waals surface area contributed by atoms with Gasteiger partial charge in [-0.3, -0.25) is 9.59 Å². The minimum Gasteiger partial charge on any atom is -0.550 e. The van der Waals surface area contributed by atoms with Gasteiger partial charge in [0.1, 0.15) is 12.2 Å². The maximum atomic E-state index is 12.8. The molecule has 0 heterocycles. The van der Waals surface area contributed by atoms with Crippen molar-refractivity contribution in [2.75, 3.05) is 0 Å². The molecule has 0 aromatic carbocycles. The Bertz CT molecular complexity index is 1510. The summed E-state index contributed by atoms with van der Waals surface area (Å²) in [6.07, 6.45) is 13.3. The van der Waals surface area contributed by atoms with Gasteiger partial charge in [0.15, 0.2) is 0 Å². The van der Waals surface area contributed by atoms with E-state index >= 15 is 0 Å². The minimum atomic E-state index is -1.32. The van der Waals surface area contributed by atoms with E-state index in [1.807, 2.05) is 41.5 Å². The van der Waals surface area contributed by atoms with E-state index in [9.17, 15) is 49.8 Å². The van der Waals surface area contributed by atoms with Crippen molar-refractivity contribution in [3.8, 4) is 0 Å². The fourth-order valence-electron chi connectivity index (χ4n) is 9.51. The molecule has 63 heavy (non-hydrogen) atoms. The molecule has 12 nitrogen and oxygen atoms in total. The summed E-state index contributed by atoms with van der Waals surface area (Å²) in [7, 11) is 0. The average molecular weight is 895 g/mol. The Balaban J connectivity index is 0.000000427. The number of carbonyl (C=O) groups is 4. The predicted molar refractivity (Wildman–Crippen MR) is 239 cm³/mol. The summed E-state index contributed by atoms with van der Waals surface area (Å²) in [5, 5.41) is 61.5. The van der Waals surface area contributed by atoms with Crippen LogP contribution in [0.3, 0.4) is 0 Å². The molecule has 0 saturated carbocycles. The fourth-order valence-corrected chi connectivity index (χ4v) is 9.51. The van der Waals surface area contributed by atoms with Crippen molar-refractivity contribution >= 4 is 46.9 Å². The fraction of sp³-hybridized carbons (Fsp3) is 0.760. The maximum Gasteiger partial charge on any atom is 2.00 e. The molecule has 0 aliphatic heterocycles. The smallest absolute Gasteiger partial charge is 0.550 e. The molecule has 0 amide bonds. The van der Waals surface area contributed by atoms with Crippen LogP contribution < -0.4 is 10.2 Å². The van der Waals surface area contributed by atoms with E-state index in [1.165, 1.54) is 11.1 Å². The molecule has 4 aliphatic rings. The van der Waals surface area contributed by atoms with Gasteiger partial charge in [-0.2, -0.15) is 0 Å². The second-order valence-electron chi connectivity index (χ2n) is 20.3. The number of fused-ring (bicyclic) bond motifs is 2. The topological polar surface area (TPSA) is 214 Å². The van der Waals surface area contributed by atoms with Gasteiger partial charge in [0.05, 0.1) is 35.2 Å². The molecule has 352 valence electrons. The van der Waals surface area contributed by atoms with Crippen LogP contribution in [-0.2, 0) is 28.7 Å². The number of carbonyl (C=O) groups excluding carboxylic acids is 4. The predicted octanol–water partition coefficient (Wildman–Crippen LogP) is 5.16. The zero-order valence-corrected chi connectivity index (χ0v) is 41.2. The summed E-state index contributed by atoms with van der Waals surface area (Å²) >= 11 is 0. The Morgan fingerprint density at radius 1 is 0.635 bits per heavy atom. The van der Waals surface area contributed by atoms with Crippen LogP contribution in [0.2, 0.25) is 0 Å². The number of aliphatic hydroxyl groups excluding tert-OH is 4. The van der Waals surface area contributed by atoms with Crippen molar-refractivity contribution in [2.45, 2.75) is 183 Å². The number of aliphatic hydroxyl groups is 4. The van der Waals surface area contributed by atoms with E-state index in [1.54, 1.807) is 0 Å². The van der Waals surface area contributed by atoms with Crippen LogP contribution in [-0.4, -0.2) is 104 Å². The largest absolute Gasteiger partial charge is 2.00 e. The molecular weight excluding hydrogens is 817 g/mol. The Morgan fingerprint density at radius 2 is 0.968 bits per heavy atom. The molecule has 13 heteroatoms. The van der Waals surface area contributed by atoms with Crippen molar-refractivity contribution < 1.29 is 59.3 Å². The van der Waals surface area contributed by atoms with Gasteiger partial charge < -0.3 is 49.7 Å². The van der Waals surface area contributed by atoms with Crippen LogP contribution in [0, 0.1) is 58.2 Å². The Hall–Kier alpha value is -2.55. The molecule has 0 bridgehead atoms. The van der Waals surface area contributed by atoms with Crippen molar-refractivity contribution in [3.05, 3.63) is 47.6 Å². The standard InChI is InChI=1S/2C25H40O6.Mg/c2*1-6-25(4,5)24(30)31-21-12-15(2)11-17-8-7-16(3)20(23(17)21)10-9-18(26)13-19(27)14-22(28)29;/h2*7-8,11,15-16,18-21,23,26-27H,6,9-10,12-14H2,1-5H3,(H,28,29);/q;;+2/p-2/t2*15-,16-,18+,19+,20-,21-,23-;/m00./s1. The van der Waals surface area contributed by atoms with Gasteiger partial charge in [-0.15, -0.1) is 0 Å². The molecule has 4 rings (SSSR count). The van der Waals surface area contributed by atoms with Gasteiger partial charge in [-0.1, -0.05) is 78.0 Å². The number of carboxylic acids is 2. The molecule has 4 aliphatic carbocycles. The van der Waals surface area contributed by atoms with Gasteiger partial charge >= 0.3 is 35.0 Å². The van der Waals surface area contributed by atoms with Gasteiger partial charge in [-0.25, -0.2) is 0 Å². The average Bonchev–Trinajstić information content (AvgIpc) is 3.16. The Kier molecular flexibility index (Phi) is 22.8. The first-order valence-electron chi connectivity index (χ1n) is 23.2. The van der Waals surface area contributed by atoms with Crippen molar-refractivity contribution in [3.63, 3.8) is 0 Å². The van der Waals surface area contributed by atoms with E-state index in [4.69, 9.17) is 9.47 Å². The van der Waals surface area contributed by atoms with Crippen LogP contribution in [0.5, 0.6) is 0 Å². The quantitative estimate of drug-likeness (QED) is 0.0922. The Morgan fingerprint density at radius 3 is 1.27 bits per heavy atom. The first-order valence-corrected chi connectivity index (χ1v) is 23.2. The number of ether oxygens (including phenoxy) is 2. The number of carboxylic acid groups (broad SMARTS) is 2. The third-order valence-corrected chi connectivity index (χ3v) is 14.1. The third-order valence-electron chi connectivity index (χ3n) is 14.1. The number of aliphatic carboxylic acids is 2. The molecule has 0 unspecified atom stereocenters. The molecule has 0 saturated heterocycles. The van der Waals surface area contributed by atoms with Crippen molar-refractivity contribution in [1.82, 2.24) is 0 Å². The van der Waals surface area contributed by atoms with Gasteiger partial charge in [0.2, 0.25) is 0 Å². The van der Waals surface area contributed by atoms with Gasteiger partial charge in [0.25, 0.3) is 0 Å². The van der Waals surface area contributed by atoms with E-state index in [2.05, 4.69) is 64.2 Å². The zero-order valence-electron chi connectivity index (χ0n) is 39.8. The van der Waals surface area contributed by atoms with E-state index in [0.717, 1.165) is 12.8 Å². The van der Waals surface area contributed by atoms with Crippen LogP contribution >= 0.6 is 0 Å². The molecule has 0 aromatic rings. The third kappa shape index (κ3) is 17.0. The van der Waals surface area contributed by atoms with Crippen molar-refractivity contribution in [1.29, 1.82) is 0 Å². The van der Waals surface area contributed by atoms with Crippen LogP contribution in [0.1, 0.15) is 146 Å². The molecular formula is C50H78MgO12. The Labute approximate surface area is 393 Å². The van der Waals surface area contributed by atoms with Gasteiger partial charge in [0, 0.05) is 36.6 Å². The summed E-state index contributed by atoms with van der Waals surface area (Å²) in [6, 6.07) is 0. The zero-order chi connectivity index (χ0) is 46.7. The first-order chi connectivity index (χ1) is 28.9. The minimum absolute atomic E-state index is 0. The van der Waals surface area contributed by atoms with Crippen molar-refractivity contribution in [2.24, 2.45) is 58.2 Å². The summed E-state index contributed by atoms with van der Waals surface area (Å²) in [6.45, 7) is 20.2. The molecule has 0 spiro atoms. The summed E-state index contributed by atoms with van der Waals surface area (Å²) in [5.41, 5.74) is 1.34. The van der Waals surface area contributed by atoms with E-state index < -0.39 is 60.0 Å². The summed E-state index contributed by atoms with van der Waals surface area (Å²) in [5.74, 6) is -1.28. The SMILES string of the molecule is CCC(C)(C)C(=O)O[C@H]1C[C@@H](C)C=C2C=C[C@H](C)[C@H](CC[C@@H](O)C[C@@H](O)CC(=O)[O-])[C@H]21.CCC(C)(C)C(=O)O[C@H]1C[C@@H](C)C=C2C=C[C@H](C)[C@H](CC[C@@H](O)C[C@@H](O)CC(=O)[O-])[C@H]21.[Mg+2]. The first kappa shape index (κ1) is 56.6. The summed E-state index contributed by atoms with van der Waals surface area (Å²) < 4.78 is 12.2. The second kappa shape index (κ2) is 25.4. The molecule has 0 fully saturated rings. The molecule has 14 atom stereocenters. The normalized spacial score (nSPS) is 29.7. The number of hydrogen-bond donors (Lipinski definition) is 4. The van der Waals surface area contributed by atoms with E-state index in [0.29, 0.717) is 50.4 Å². The second-order valence-corrected chi connectivity index (χ2v) is 20.3. The molecule has 0 aromatic heterocycles. The number of hydrogen-bond acceptors (Lipinski definition) is 12. The molecule has 0 radical (unpaired) electrons.